The molecule has 0 unspecified atom stereocenters. The van der Waals surface area contributed by atoms with Gasteiger partial charge in [0.15, 0.2) is 0 Å². The van der Waals surface area contributed by atoms with Gasteiger partial charge in [-0.25, -0.2) is 0 Å². The van der Waals surface area contributed by atoms with Crippen molar-refractivity contribution < 1.29 is 27.4 Å². The molecule has 0 N–H and O–H groups in total. The highest BCUT2D eigenvalue weighted by atomic mass is 19.4. The molecule has 6 heteroatoms. The third-order valence-corrected chi connectivity index (χ3v) is 8.37. The van der Waals surface area contributed by atoms with Gasteiger partial charge in [-0.15, -0.1) is 0 Å². The van der Waals surface area contributed by atoms with E-state index in [1.807, 2.05) is 64.1 Å². The zero-order valence-electron chi connectivity index (χ0n) is 24.1. The second-order valence-corrected chi connectivity index (χ2v) is 12.2. The molecule has 0 amide bonds. The monoisotopic (exact) mass is 570 g/mol. The normalized spacial score (nSPS) is 18.6. The van der Waals surface area contributed by atoms with Crippen LogP contribution in [0.2, 0.25) is 0 Å². The van der Waals surface area contributed by atoms with Gasteiger partial charge in [-0.2, -0.15) is 13.2 Å². The lowest BCUT2D eigenvalue weighted by Crippen LogP contribution is -2.44. The van der Waals surface area contributed by atoms with Crippen LogP contribution in [0.4, 0.5) is 13.2 Å². The van der Waals surface area contributed by atoms with Gasteiger partial charge in [0.25, 0.3) is 0 Å². The van der Waals surface area contributed by atoms with E-state index >= 15 is 0 Å². The number of halogens is 3. The average molecular weight is 571 g/mol. The van der Waals surface area contributed by atoms with Gasteiger partial charge in [0, 0.05) is 17.0 Å². The van der Waals surface area contributed by atoms with E-state index in [2.05, 4.69) is 24.3 Å². The summed E-state index contributed by atoms with van der Waals surface area (Å²) < 4.78 is 52.9. The van der Waals surface area contributed by atoms with Gasteiger partial charge in [0.1, 0.15) is 11.5 Å². The van der Waals surface area contributed by atoms with Crippen molar-refractivity contribution in [2.75, 3.05) is 6.61 Å². The second kappa shape index (κ2) is 10.0. The minimum atomic E-state index is -4.42. The molecule has 4 aromatic rings. The first-order valence-electron chi connectivity index (χ1n) is 14.3. The molecule has 216 valence electrons. The molecule has 3 aliphatic rings. The fourth-order valence-corrected chi connectivity index (χ4v) is 6.55. The summed E-state index contributed by atoms with van der Waals surface area (Å²) in [6, 6.07) is 25.6. The van der Waals surface area contributed by atoms with Gasteiger partial charge in [-0.05, 0) is 85.7 Å². The topological polar surface area (TPSA) is 35.5 Å². The van der Waals surface area contributed by atoms with Gasteiger partial charge in [0.05, 0.1) is 23.0 Å². The van der Waals surface area contributed by atoms with Crippen LogP contribution < -0.4 is 9.47 Å². The predicted octanol–water partition coefficient (Wildman–Crippen LogP) is 8.83. The maximum absolute atomic E-state index is 13.5. The fraction of sp³-hybridized carbons (Fsp3) is 0.306. The molecule has 0 aliphatic heterocycles. The van der Waals surface area contributed by atoms with E-state index in [0.717, 1.165) is 57.5 Å². The minimum Gasteiger partial charge on any atom is -0.493 e. The van der Waals surface area contributed by atoms with Crippen molar-refractivity contribution in [1.29, 1.82) is 0 Å². The van der Waals surface area contributed by atoms with Crippen LogP contribution in [0.25, 0.3) is 0 Å². The third-order valence-electron chi connectivity index (χ3n) is 8.37. The van der Waals surface area contributed by atoms with E-state index in [1.165, 1.54) is 0 Å². The van der Waals surface area contributed by atoms with Crippen LogP contribution in [0.3, 0.4) is 0 Å². The lowest BCUT2D eigenvalue weighted by Gasteiger charge is -2.51. The van der Waals surface area contributed by atoms with Gasteiger partial charge in [-0.1, -0.05) is 67.6 Å². The Kier molecular flexibility index (Phi) is 6.71. The van der Waals surface area contributed by atoms with Crippen molar-refractivity contribution in [1.82, 2.24) is 0 Å². The van der Waals surface area contributed by atoms with Crippen LogP contribution in [0.1, 0.15) is 84.5 Å². The summed E-state index contributed by atoms with van der Waals surface area (Å²) >= 11 is 0. The van der Waals surface area contributed by atoms with Crippen molar-refractivity contribution in [3.63, 3.8) is 0 Å². The Labute approximate surface area is 244 Å². The minimum absolute atomic E-state index is 0.199. The first-order valence-corrected chi connectivity index (χ1v) is 14.3. The highest BCUT2D eigenvalue weighted by Gasteiger charge is 2.54. The van der Waals surface area contributed by atoms with Crippen LogP contribution in [-0.4, -0.2) is 12.6 Å². The van der Waals surface area contributed by atoms with Gasteiger partial charge in [-0.3, -0.25) is 4.79 Å². The van der Waals surface area contributed by atoms with Crippen LogP contribution in [0, 0.1) is 5.41 Å². The Balaban J connectivity index is 1.66. The number of carbonyl (C=O) groups excluding carboxylic acids is 1. The number of hydrogen-bond acceptors (Lipinski definition) is 3. The Morgan fingerprint density at radius 1 is 0.810 bits per heavy atom. The van der Waals surface area contributed by atoms with E-state index in [4.69, 9.17) is 9.47 Å². The molecule has 4 aromatic carbocycles. The molecule has 0 aromatic heterocycles. The Morgan fingerprint density at radius 3 is 1.93 bits per heavy atom. The number of carbonyl (C=O) groups is 1. The summed E-state index contributed by atoms with van der Waals surface area (Å²) in [5.41, 5.74) is 4.73. The van der Waals surface area contributed by atoms with E-state index in [9.17, 15) is 18.0 Å². The van der Waals surface area contributed by atoms with Crippen molar-refractivity contribution in [2.45, 2.75) is 58.0 Å². The quantitative estimate of drug-likeness (QED) is 0.172. The summed E-state index contributed by atoms with van der Waals surface area (Å²) in [6.07, 6.45) is -3.21. The molecular weight excluding hydrogens is 537 g/mol. The predicted molar refractivity (Wildman–Crippen MR) is 156 cm³/mol. The first kappa shape index (κ1) is 28.1. The van der Waals surface area contributed by atoms with Gasteiger partial charge >= 0.3 is 12.1 Å². The molecule has 3 aliphatic carbocycles. The summed E-state index contributed by atoms with van der Waals surface area (Å²) in [7, 11) is 0. The number of hydrogen-bond donors (Lipinski definition) is 0. The van der Waals surface area contributed by atoms with Crippen molar-refractivity contribution in [2.24, 2.45) is 5.41 Å². The maximum atomic E-state index is 13.5. The van der Waals surface area contributed by atoms with Crippen LogP contribution >= 0.6 is 0 Å². The van der Waals surface area contributed by atoms with Gasteiger partial charge in [0.2, 0.25) is 0 Å². The molecule has 0 spiro atoms. The van der Waals surface area contributed by atoms with Gasteiger partial charge < -0.3 is 9.47 Å². The molecule has 0 heterocycles. The Hall–Kier alpha value is -4.06. The van der Waals surface area contributed by atoms with Crippen LogP contribution in [-0.2, 0) is 22.8 Å². The number of alkyl halides is 3. The number of esters is 1. The number of ether oxygens (including phenoxy) is 2. The van der Waals surface area contributed by atoms with Crippen molar-refractivity contribution in [3.8, 4) is 11.5 Å². The summed E-state index contributed by atoms with van der Waals surface area (Å²) in [5, 5.41) is 0. The number of benzene rings is 4. The van der Waals surface area contributed by atoms with Crippen molar-refractivity contribution in [3.05, 3.63) is 129 Å². The fourth-order valence-electron chi connectivity index (χ4n) is 6.55. The van der Waals surface area contributed by atoms with Crippen LogP contribution in [0.5, 0.6) is 11.5 Å². The standard InChI is InChI=1S/C36H33F3O3/c1-5-20-41-29-19-18-28(42-33(40)34(2,3)4)31-30-24-10-6-8-12-26(24)35(32(29)31,27-13-9-7-11-25(27)30)21-22-14-16-23(17-15-22)36(37,38)39/h6-19,30H,5,20-21H2,1-4H3. The molecular formula is C36H33F3O3. The molecule has 0 saturated heterocycles. The first-order chi connectivity index (χ1) is 20.0. The molecule has 0 radical (unpaired) electrons. The highest BCUT2D eigenvalue weighted by Crippen LogP contribution is 2.64. The highest BCUT2D eigenvalue weighted by molar-refractivity contribution is 5.82. The SMILES string of the molecule is CCCOc1ccc(OC(=O)C(C)(C)C)c2c1C1(Cc3ccc(C(F)(F)F)cc3)c3ccccc3C2c2ccccc21. The lowest BCUT2D eigenvalue weighted by atomic mass is 9.51. The molecule has 3 nitrogen and oxygen atoms in total. The van der Waals surface area contributed by atoms with E-state index in [0.29, 0.717) is 24.5 Å². The average Bonchev–Trinajstić information content (AvgIpc) is 2.96. The molecule has 42 heavy (non-hydrogen) atoms. The molecule has 7 rings (SSSR count). The lowest BCUT2D eigenvalue weighted by molar-refractivity contribution is -0.143. The number of rotatable bonds is 6. The second-order valence-electron chi connectivity index (χ2n) is 12.2. The maximum Gasteiger partial charge on any atom is 0.416 e. The molecule has 2 bridgehead atoms. The van der Waals surface area contributed by atoms with E-state index < -0.39 is 22.6 Å². The zero-order valence-corrected chi connectivity index (χ0v) is 24.1. The van der Waals surface area contributed by atoms with E-state index in [-0.39, 0.29) is 11.9 Å². The summed E-state index contributed by atoms with van der Waals surface area (Å²) in [6.45, 7) is 8.01. The van der Waals surface area contributed by atoms with E-state index in [1.54, 1.807) is 12.1 Å². The zero-order chi connectivity index (χ0) is 29.9. The largest absolute Gasteiger partial charge is 0.493 e. The van der Waals surface area contributed by atoms with Crippen molar-refractivity contribution >= 4 is 5.97 Å². The smallest absolute Gasteiger partial charge is 0.416 e. The summed E-state index contributed by atoms with van der Waals surface area (Å²) in [5.74, 6) is 0.643. The molecule has 0 atom stereocenters. The van der Waals surface area contributed by atoms with Crippen LogP contribution in [0.15, 0.2) is 84.9 Å². The molecule has 0 fully saturated rings. The third kappa shape index (κ3) is 4.39. The summed E-state index contributed by atoms with van der Waals surface area (Å²) in [4.78, 5) is 13.2. The molecule has 0 saturated carbocycles. The Bertz CT molecular complexity index is 1610. The Morgan fingerprint density at radius 2 is 1.38 bits per heavy atom.